The maximum atomic E-state index is 11.5. The number of hydrogen-bond acceptors (Lipinski definition) is 2. The summed E-state index contributed by atoms with van der Waals surface area (Å²) in [6.07, 6.45) is 0. The van der Waals surface area contributed by atoms with Crippen molar-refractivity contribution in [3.63, 3.8) is 0 Å². The second kappa shape index (κ2) is 4.16. The van der Waals surface area contributed by atoms with Crippen LogP contribution in [-0.4, -0.2) is 25.8 Å². The van der Waals surface area contributed by atoms with E-state index in [1.165, 1.54) is 15.4 Å². The van der Waals surface area contributed by atoms with E-state index in [1.54, 1.807) is 0 Å². The van der Waals surface area contributed by atoms with E-state index in [4.69, 9.17) is 0 Å². The molecule has 1 aliphatic rings. The maximum absolute atomic E-state index is 11.5. The molecular formula is C11H16N2O2S. The van der Waals surface area contributed by atoms with Gasteiger partial charge in [0.2, 0.25) is 0 Å². The van der Waals surface area contributed by atoms with Crippen LogP contribution in [-0.2, 0) is 16.8 Å². The van der Waals surface area contributed by atoms with Crippen molar-refractivity contribution in [3.8, 4) is 0 Å². The zero-order valence-corrected chi connectivity index (χ0v) is 10.3. The molecule has 2 rings (SSSR count). The van der Waals surface area contributed by atoms with E-state index in [2.05, 4.69) is 4.72 Å². The van der Waals surface area contributed by atoms with Crippen molar-refractivity contribution in [1.82, 2.24) is 9.03 Å². The highest BCUT2D eigenvalue weighted by Gasteiger charge is 2.31. The molecule has 1 fully saturated rings. The molecule has 0 aliphatic carbocycles. The molecule has 0 amide bonds. The Morgan fingerprint density at radius 1 is 1.25 bits per heavy atom. The van der Waals surface area contributed by atoms with Gasteiger partial charge in [0.1, 0.15) is 0 Å². The first kappa shape index (κ1) is 11.6. The van der Waals surface area contributed by atoms with Crippen molar-refractivity contribution in [3.05, 3.63) is 34.9 Å². The van der Waals surface area contributed by atoms with Gasteiger partial charge in [0.15, 0.2) is 0 Å². The SMILES string of the molecule is Cc1ccc(CNS(=O)(=O)N2CC2)cc1C. The van der Waals surface area contributed by atoms with Crippen LogP contribution in [0.3, 0.4) is 0 Å². The Balaban J connectivity index is 2.02. The third kappa shape index (κ3) is 2.61. The zero-order chi connectivity index (χ0) is 11.8. The molecule has 0 unspecified atom stereocenters. The van der Waals surface area contributed by atoms with E-state index in [-0.39, 0.29) is 0 Å². The Bertz CT molecular complexity index is 493. The quantitative estimate of drug-likeness (QED) is 0.797. The van der Waals surface area contributed by atoms with Crippen LogP contribution in [0, 0.1) is 13.8 Å². The lowest BCUT2D eigenvalue weighted by Crippen LogP contribution is -2.29. The fourth-order valence-electron chi connectivity index (χ4n) is 1.46. The molecule has 1 aromatic carbocycles. The molecule has 0 aromatic heterocycles. The van der Waals surface area contributed by atoms with Crippen molar-refractivity contribution >= 4 is 10.2 Å². The van der Waals surface area contributed by atoms with Crippen LogP contribution in [0.1, 0.15) is 16.7 Å². The number of hydrogen-bond donors (Lipinski definition) is 1. The topological polar surface area (TPSA) is 49.2 Å². The molecule has 88 valence electrons. The molecule has 0 radical (unpaired) electrons. The predicted molar refractivity (Wildman–Crippen MR) is 63.2 cm³/mol. The number of rotatable bonds is 4. The van der Waals surface area contributed by atoms with E-state index in [0.717, 1.165) is 5.56 Å². The minimum Gasteiger partial charge on any atom is -0.198 e. The van der Waals surface area contributed by atoms with Crippen LogP contribution in [0.25, 0.3) is 0 Å². The number of benzene rings is 1. The maximum Gasteiger partial charge on any atom is 0.279 e. The summed E-state index contributed by atoms with van der Waals surface area (Å²) in [4.78, 5) is 0. The monoisotopic (exact) mass is 240 g/mol. The molecule has 1 aromatic rings. The Labute approximate surface area is 96.5 Å². The van der Waals surface area contributed by atoms with Gasteiger partial charge in [-0.2, -0.15) is 17.4 Å². The second-order valence-electron chi connectivity index (χ2n) is 4.14. The minimum atomic E-state index is -3.22. The Morgan fingerprint density at radius 2 is 1.94 bits per heavy atom. The van der Waals surface area contributed by atoms with Crippen molar-refractivity contribution in [2.75, 3.05) is 13.1 Å². The molecule has 1 N–H and O–H groups in total. The fraction of sp³-hybridized carbons (Fsp3) is 0.455. The highest BCUT2D eigenvalue weighted by molar-refractivity contribution is 7.87. The van der Waals surface area contributed by atoms with Crippen molar-refractivity contribution < 1.29 is 8.42 Å². The van der Waals surface area contributed by atoms with Gasteiger partial charge in [-0.25, -0.2) is 0 Å². The fourth-order valence-corrected chi connectivity index (χ4v) is 2.55. The van der Waals surface area contributed by atoms with Crippen molar-refractivity contribution in [1.29, 1.82) is 0 Å². The van der Waals surface area contributed by atoms with Crippen LogP contribution in [0.4, 0.5) is 0 Å². The lowest BCUT2D eigenvalue weighted by atomic mass is 10.1. The molecule has 0 atom stereocenters. The molecule has 5 heteroatoms. The average Bonchev–Trinajstić information content (AvgIpc) is 3.03. The molecule has 1 aliphatic heterocycles. The van der Waals surface area contributed by atoms with E-state index < -0.39 is 10.2 Å². The lowest BCUT2D eigenvalue weighted by molar-refractivity contribution is 0.546. The molecule has 16 heavy (non-hydrogen) atoms. The van der Waals surface area contributed by atoms with Gasteiger partial charge in [-0.1, -0.05) is 18.2 Å². The molecule has 0 spiro atoms. The van der Waals surface area contributed by atoms with Crippen LogP contribution in [0.5, 0.6) is 0 Å². The van der Waals surface area contributed by atoms with E-state index in [0.29, 0.717) is 19.6 Å². The van der Waals surface area contributed by atoms with Crippen LogP contribution in [0.2, 0.25) is 0 Å². The van der Waals surface area contributed by atoms with Gasteiger partial charge in [-0.15, -0.1) is 0 Å². The van der Waals surface area contributed by atoms with Gasteiger partial charge in [-0.05, 0) is 30.5 Å². The number of aryl methyl sites for hydroxylation is 2. The molecule has 0 saturated carbocycles. The van der Waals surface area contributed by atoms with E-state index >= 15 is 0 Å². The number of nitrogens with zero attached hydrogens (tertiary/aromatic N) is 1. The first-order valence-electron chi connectivity index (χ1n) is 5.30. The summed E-state index contributed by atoms with van der Waals surface area (Å²) in [5, 5.41) is 0. The third-order valence-electron chi connectivity index (χ3n) is 2.78. The van der Waals surface area contributed by atoms with Crippen LogP contribution >= 0.6 is 0 Å². The Morgan fingerprint density at radius 3 is 2.50 bits per heavy atom. The Hall–Kier alpha value is -0.910. The van der Waals surface area contributed by atoms with Crippen molar-refractivity contribution in [2.24, 2.45) is 0 Å². The third-order valence-corrected chi connectivity index (χ3v) is 4.33. The van der Waals surface area contributed by atoms with Gasteiger partial charge >= 0.3 is 0 Å². The first-order chi connectivity index (χ1) is 7.49. The average molecular weight is 240 g/mol. The Kier molecular flexibility index (Phi) is 3.01. The molecule has 0 bridgehead atoms. The summed E-state index contributed by atoms with van der Waals surface area (Å²) in [5.41, 5.74) is 3.40. The number of nitrogens with one attached hydrogen (secondary N) is 1. The summed E-state index contributed by atoms with van der Waals surface area (Å²) in [7, 11) is -3.22. The highest BCUT2D eigenvalue weighted by atomic mass is 32.2. The van der Waals surface area contributed by atoms with Gasteiger partial charge in [0, 0.05) is 19.6 Å². The predicted octanol–water partition coefficient (Wildman–Crippen LogP) is 0.953. The van der Waals surface area contributed by atoms with E-state index in [1.807, 2.05) is 32.0 Å². The first-order valence-corrected chi connectivity index (χ1v) is 6.74. The van der Waals surface area contributed by atoms with Crippen LogP contribution < -0.4 is 4.72 Å². The lowest BCUT2D eigenvalue weighted by Gasteiger charge is -2.08. The van der Waals surface area contributed by atoms with Crippen molar-refractivity contribution in [2.45, 2.75) is 20.4 Å². The molecular weight excluding hydrogens is 224 g/mol. The van der Waals surface area contributed by atoms with Crippen LogP contribution in [0.15, 0.2) is 18.2 Å². The van der Waals surface area contributed by atoms with Gasteiger partial charge in [0.05, 0.1) is 0 Å². The minimum absolute atomic E-state index is 0.361. The highest BCUT2D eigenvalue weighted by Crippen LogP contribution is 2.12. The standard InChI is InChI=1S/C11H16N2O2S/c1-9-3-4-11(7-10(9)2)8-12-16(14,15)13-5-6-13/h3-4,7,12H,5-6,8H2,1-2H3. The van der Waals surface area contributed by atoms with E-state index in [9.17, 15) is 8.42 Å². The normalized spacial score (nSPS) is 16.4. The second-order valence-corrected chi connectivity index (χ2v) is 5.90. The summed E-state index contributed by atoms with van der Waals surface area (Å²) in [6, 6.07) is 5.98. The summed E-state index contributed by atoms with van der Waals surface area (Å²) in [5.74, 6) is 0. The molecule has 4 nitrogen and oxygen atoms in total. The summed E-state index contributed by atoms with van der Waals surface area (Å²) >= 11 is 0. The van der Waals surface area contributed by atoms with Gasteiger partial charge in [0.25, 0.3) is 10.2 Å². The van der Waals surface area contributed by atoms with Gasteiger partial charge in [-0.3, -0.25) is 0 Å². The molecule has 1 heterocycles. The van der Waals surface area contributed by atoms with Gasteiger partial charge < -0.3 is 0 Å². The zero-order valence-electron chi connectivity index (χ0n) is 9.53. The summed E-state index contributed by atoms with van der Waals surface area (Å²) < 4.78 is 27.1. The smallest absolute Gasteiger partial charge is 0.198 e. The molecule has 1 saturated heterocycles. The summed E-state index contributed by atoms with van der Waals surface area (Å²) in [6.45, 7) is 5.71. The largest absolute Gasteiger partial charge is 0.279 e.